The van der Waals surface area contributed by atoms with Crippen LogP contribution in [0, 0.1) is 0 Å². The van der Waals surface area contributed by atoms with E-state index < -0.39 is 0 Å². The van der Waals surface area contributed by atoms with Crippen LogP contribution in [-0.2, 0) is 11.8 Å². The summed E-state index contributed by atoms with van der Waals surface area (Å²) >= 11 is 7.17. The van der Waals surface area contributed by atoms with Gasteiger partial charge >= 0.3 is 0 Å². The van der Waals surface area contributed by atoms with Crippen molar-refractivity contribution < 1.29 is 4.79 Å². The number of carbonyl (C=O) groups is 1. The Labute approximate surface area is 171 Å². The van der Waals surface area contributed by atoms with Crippen LogP contribution in [0.3, 0.4) is 0 Å². The molecular formula is C20H16ClN5OS. The van der Waals surface area contributed by atoms with E-state index in [4.69, 9.17) is 11.6 Å². The SMILES string of the molecule is Cn1c(SCC(=O)Nc2ccc(Cl)cc2)nnc1-c1ccc2ccccc2n1. The first-order chi connectivity index (χ1) is 13.6. The van der Waals surface area contributed by atoms with Crippen LogP contribution < -0.4 is 5.32 Å². The minimum atomic E-state index is -0.124. The van der Waals surface area contributed by atoms with Crippen molar-refractivity contribution in [2.45, 2.75) is 5.16 Å². The molecule has 28 heavy (non-hydrogen) atoms. The largest absolute Gasteiger partial charge is 0.325 e. The van der Waals surface area contributed by atoms with E-state index in [9.17, 15) is 4.79 Å². The number of amides is 1. The molecule has 0 radical (unpaired) electrons. The molecule has 140 valence electrons. The molecule has 2 heterocycles. The van der Waals surface area contributed by atoms with Gasteiger partial charge in [0.05, 0.1) is 11.3 Å². The van der Waals surface area contributed by atoms with E-state index in [1.807, 2.05) is 48.0 Å². The zero-order valence-electron chi connectivity index (χ0n) is 15.0. The number of rotatable bonds is 5. The number of para-hydroxylation sites is 1. The van der Waals surface area contributed by atoms with Crippen LogP contribution >= 0.6 is 23.4 Å². The van der Waals surface area contributed by atoms with Gasteiger partial charge in [-0.15, -0.1) is 10.2 Å². The van der Waals surface area contributed by atoms with E-state index in [0.717, 1.165) is 16.6 Å². The van der Waals surface area contributed by atoms with Gasteiger partial charge < -0.3 is 9.88 Å². The zero-order chi connectivity index (χ0) is 19.5. The highest BCUT2D eigenvalue weighted by Gasteiger charge is 2.14. The van der Waals surface area contributed by atoms with E-state index in [1.54, 1.807) is 24.3 Å². The highest BCUT2D eigenvalue weighted by Crippen LogP contribution is 2.23. The van der Waals surface area contributed by atoms with Crippen molar-refractivity contribution in [3.05, 3.63) is 65.7 Å². The molecule has 2 aromatic heterocycles. The molecule has 0 unspecified atom stereocenters. The monoisotopic (exact) mass is 409 g/mol. The molecule has 0 saturated carbocycles. The summed E-state index contributed by atoms with van der Waals surface area (Å²) in [5.74, 6) is 0.756. The first-order valence-corrected chi connectivity index (χ1v) is 9.90. The molecule has 0 fully saturated rings. The lowest BCUT2D eigenvalue weighted by molar-refractivity contribution is -0.113. The second kappa shape index (κ2) is 8.00. The quantitative estimate of drug-likeness (QED) is 0.494. The number of hydrogen-bond acceptors (Lipinski definition) is 5. The summed E-state index contributed by atoms with van der Waals surface area (Å²) in [6.07, 6.45) is 0. The minimum Gasteiger partial charge on any atom is -0.325 e. The predicted molar refractivity (Wildman–Crippen MR) is 113 cm³/mol. The lowest BCUT2D eigenvalue weighted by Crippen LogP contribution is -2.14. The van der Waals surface area contributed by atoms with E-state index in [1.165, 1.54) is 11.8 Å². The molecule has 2 aromatic carbocycles. The number of aromatic nitrogens is 4. The third-order valence-electron chi connectivity index (χ3n) is 4.12. The topological polar surface area (TPSA) is 72.7 Å². The van der Waals surface area contributed by atoms with Crippen molar-refractivity contribution in [2.24, 2.45) is 7.05 Å². The van der Waals surface area contributed by atoms with Gasteiger partial charge in [-0.05, 0) is 36.4 Å². The standard InChI is InChI=1S/C20H16ClN5OS/c1-26-19(17-11-6-13-4-2-3-5-16(13)23-17)24-25-20(26)28-12-18(27)22-15-9-7-14(21)8-10-15/h2-11H,12H2,1H3,(H,22,27). The third-order valence-corrected chi connectivity index (χ3v) is 5.39. The van der Waals surface area contributed by atoms with Crippen LogP contribution in [0.1, 0.15) is 0 Å². The van der Waals surface area contributed by atoms with Crippen LogP contribution in [0.25, 0.3) is 22.4 Å². The Hall–Kier alpha value is -2.90. The molecule has 0 saturated heterocycles. The van der Waals surface area contributed by atoms with Crippen LogP contribution in [0.4, 0.5) is 5.69 Å². The van der Waals surface area contributed by atoms with Crippen molar-refractivity contribution >= 4 is 45.9 Å². The van der Waals surface area contributed by atoms with Gasteiger partial charge in [-0.1, -0.05) is 47.6 Å². The van der Waals surface area contributed by atoms with Gasteiger partial charge in [-0.2, -0.15) is 0 Å². The fraction of sp³-hybridized carbons (Fsp3) is 0.100. The van der Waals surface area contributed by atoms with Crippen LogP contribution in [0.15, 0.2) is 65.8 Å². The van der Waals surface area contributed by atoms with Crippen molar-refractivity contribution in [1.29, 1.82) is 0 Å². The summed E-state index contributed by atoms with van der Waals surface area (Å²) in [5.41, 5.74) is 2.35. The number of pyridine rings is 1. The minimum absolute atomic E-state index is 0.124. The van der Waals surface area contributed by atoms with E-state index in [2.05, 4.69) is 20.5 Å². The number of carbonyl (C=O) groups excluding carboxylic acids is 1. The van der Waals surface area contributed by atoms with Crippen LogP contribution in [-0.4, -0.2) is 31.4 Å². The molecule has 8 heteroatoms. The van der Waals surface area contributed by atoms with Gasteiger partial charge in [0.2, 0.25) is 5.91 Å². The molecule has 0 aliphatic heterocycles. The average molecular weight is 410 g/mol. The van der Waals surface area contributed by atoms with Crippen LogP contribution in [0.2, 0.25) is 5.02 Å². The highest BCUT2D eigenvalue weighted by atomic mass is 35.5. The summed E-state index contributed by atoms with van der Waals surface area (Å²) in [7, 11) is 1.87. The maximum Gasteiger partial charge on any atom is 0.234 e. The Morgan fingerprint density at radius 2 is 1.86 bits per heavy atom. The lowest BCUT2D eigenvalue weighted by atomic mass is 10.2. The Morgan fingerprint density at radius 1 is 1.07 bits per heavy atom. The second-order valence-corrected chi connectivity index (χ2v) is 7.48. The summed E-state index contributed by atoms with van der Waals surface area (Å²) in [4.78, 5) is 16.8. The molecule has 0 aliphatic rings. The molecule has 6 nitrogen and oxygen atoms in total. The Balaban J connectivity index is 1.45. The van der Waals surface area contributed by atoms with Crippen molar-refractivity contribution in [3.63, 3.8) is 0 Å². The van der Waals surface area contributed by atoms with Crippen molar-refractivity contribution in [3.8, 4) is 11.5 Å². The number of halogens is 1. The maximum atomic E-state index is 12.2. The fourth-order valence-corrected chi connectivity index (χ4v) is 3.55. The van der Waals surface area contributed by atoms with Crippen LogP contribution in [0.5, 0.6) is 0 Å². The third kappa shape index (κ3) is 4.00. The van der Waals surface area contributed by atoms with Gasteiger partial charge in [0, 0.05) is 23.1 Å². The normalized spacial score (nSPS) is 10.9. The van der Waals surface area contributed by atoms with E-state index in [0.29, 0.717) is 21.7 Å². The van der Waals surface area contributed by atoms with Gasteiger partial charge in [0.1, 0.15) is 5.69 Å². The van der Waals surface area contributed by atoms with Gasteiger partial charge in [0.25, 0.3) is 0 Å². The molecule has 0 bridgehead atoms. The number of nitrogens with one attached hydrogen (secondary N) is 1. The number of fused-ring (bicyclic) bond motifs is 1. The molecule has 4 aromatic rings. The summed E-state index contributed by atoms with van der Waals surface area (Å²) in [6.45, 7) is 0. The molecule has 4 rings (SSSR count). The van der Waals surface area contributed by atoms with Crippen molar-refractivity contribution in [1.82, 2.24) is 19.7 Å². The predicted octanol–water partition coefficient (Wildman–Crippen LogP) is 4.41. The number of benzene rings is 2. The maximum absolute atomic E-state index is 12.2. The first kappa shape index (κ1) is 18.5. The van der Waals surface area contributed by atoms with Crippen molar-refractivity contribution in [2.75, 3.05) is 11.1 Å². The fourth-order valence-electron chi connectivity index (χ4n) is 2.71. The molecule has 1 N–H and O–H groups in total. The Bertz CT molecular complexity index is 1140. The number of nitrogens with zero attached hydrogens (tertiary/aromatic N) is 4. The molecular weight excluding hydrogens is 394 g/mol. The van der Waals surface area contributed by atoms with Gasteiger partial charge in [0.15, 0.2) is 11.0 Å². The zero-order valence-corrected chi connectivity index (χ0v) is 16.5. The van der Waals surface area contributed by atoms with Gasteiger partial charge in [-0.3, -0.25) is 4.79 Å². The number of anilines is 1. The molecule has 0 spiro atoms. The van der Waals surface area contributed by atoms with E-state index >= 15 is 0 Å². The Morgan fingerprint density at radius 3 is 2.68 bits per heavy atom. The summed E-state index contributed by atoms with van der Waals surface area (Å²) in [5, 5.41) is 13.6. The first-order valence-electron chi connectivity index (χ1n) is 8.54. The highest BCUT2D eigenvalue weighted by molar-refractivity contribution is 7.99. The van der Waals surface area contributed by atoms with E-state index in [-0.39, 0.29) is 11.7 Å². The lowest BCUT2D eigenvalue weighted by Gasteiger charge is -2.06. The molecule has 0 aliphatic carbocycles. The smallest absolute Gasteiger partial charge is 0.234 e. The number of hydrogen-bond donors (Lipinski definition) is 1. The Kier molecular flexibility index (Phi) is 5.27. The molecule has 1 amide bonds. The second-order valence-electron chi connectivity index (χ2n) is 6.10. The number of thioether (sulfide) groups is 1. The average Bonchev–Trinajstić information content (AvgIpc) is 3.08. The summed E-state index contributed by atoms with van der Waals surface area (Å²) in [6, 6.07) is 18.8. The summed E-state index contributed by atoms with van der Waals surface area (Å²) < 4.78 is 1.84. The van der Waals surface area contributed by atoms with Gasteiger partial charge in [-0.25, -0.2) is 4.98 Å². The molecule has 0 atom stereocenters.